The summed E-state index contributed by atoms with van der Waals surface area (Å²) in [6.07, 6.45) is 3.48. The van der Waals surface area contributed by atoms with Crippen molar-refractivity contribution in [1.29, 1.82) is 0 Å². The molecule has 0 aromatic carbocycles. The molecule has 0 aliphatic carbocycles. The smallest absolute Gasteiger partial charge is 0.136 e. The normalized spacial score (nSPS) is 10.1. The van der Waals surface area contributed by atoms with Crippen molar-refractivity contribution in [3.8, 4) is 0 Å². The van der Waals surface area contributed by atoms with Gasteiger partial charge >= 0.3 is 0 Å². The van der Waals surface area contributed by atoms with Crippen LogP contribution < -0.4 is 10.6 Å². The number of hydrogen-bond donors (Lipinski definition) is 3. The lowest BCUT2D eigenvalue weighted by atomic mass is 10.4. The number of thiol groups is 1. The molecule has 0 amide bonds. The Morgan fingerprint density at radius 2 is 2.11 bits per heavy atom. The molecule has 2 aromatic rings. The number of anilines is 3. The van der Waals surface area contributed by atoms with Crippen LogP contribution in [-0.2, 0) is 0 Å². The van der Waals surface area contributed by atoms with Gasteiger partial charge in [-0.25, -0.2) is 9.97 Å². The third-order valence-electron chi connectivity index (χ3n) is 2.19. The number of aryl methyl sites for hydroxylation is 1. The van der Waals surface area contributed by atoms with Crippen LogP contribution >= 0.6 is 12.6 Å². The molecule has 0 bridgehead atoms. The number of nitrogens with one attached hydrogen (secondary N) is 2. The zero-order valence-electron chi connectivity index (χ0n) is 10.1. The van der Waals surface area contributed by atoms with Crippen LogP contribution in [0, 0.1) is 6.92 Å². The van der Waals surface area contributed by atoms with Gasteiger partial charge < -0.3 is 10.6 Å². The molecule has 0 saturated heterocycles. The topological polar surface area (TPSA) is 62.7 Å². The maximum atomic E-state index is 4.33. The molecular formula is C12H15N5S. The summed E-state index contributed by atoms with van der Waals surface area (Å²) in [4.78, 5) is 12.7. The molecule has 6 heteroatoms. The third kappa shape index (κ3) is 3.59. The van der Waals surface area contributed by atoms with Gasteiger partial charge in [0, 0.05) is 24.6 Å². The molecule has 0 unspecified atom stereocenters. The summed E-state index contributed by atoms with van der Waals surface area (Å²) in [6.45, 7) is 2.63. The summed E-state index contributed by atoms with van der Waals surface area (Å²) >= 11 is 4.15. The minimum absolute atomic E-state index is 0.713. The van der Waals surface area contributed by atoms with Crippen molar-refractivity contribution in [3.63, 3.8) is 0 Å². The molecule has 18 heavy (non-hydrogen) atoms. The quantitative estimate of drug-likeness (QED) is 0.721. The maximum Gasteiger partial charge on any atom is 0.136 e. The fraction of sp³-hybridized carbons (Fsp3) is 0.250. The predicted molar refractivity (Wildman–Crippen MR) is 76.6 cm³/mol. The fourth-order valence-electron chi connectivity index (χ4n) is 1.49. The van der Waals surface area contributed by atoms with Crippen molar-refractivity contribution in [1.82, 2.24) is 15.0 Å². The third-order valence-corrected chi connectivity index (χ3v) is 2.41. The van der Waals surface area contributed by atoms with E-state index in [1.165, 1.54) is 0 Å². The van der Waals surface area contributed by atoms with Gasteiger partial charge in [0.2, 0.25) is 0 Å². The summed E-state index contributed by atoms with van der Waals surface area (Å²) < 4.78 is 0. The number of rotatable bonds is 5. The van der Waals surface area contributed by atoms with Crippen LogP contribution in [0.2, 0.25) is 0 Å². The molecule has 0 spiro atoms. The van der Waals surface area contributed by atoms with Crippen molar-refractivity contribution in [3.05, 3.63) is 36.4 Å². The summed E-state index contributed by atoms with van der Waals surface area (Å²) in [7, 11) is 0. The highest BCUT2D eigenvalue weighted by molar-refractivity contribution is 7.80. The van der Waals surface area contributed by atoms with Crippen LogP contribution in [0.5, 0.6) is 0 Å². The van der Waals surface area contributed by atoms with E-state index in [2.05, 4.69) is 38.2 Å². The van der Waals surface area contributed by atoms with Crippen LogP contribution in [0.3, 0.4) is 0 Å². The first-order chi connectivity index (χ1) is 8.78. The molecule has 0 saturated carbocycles. The maximum absolute atomic E-state index is 4.33. The van der Waals surface area contributed by atoms with E-state index in [4.69, 9.17) is 0 Å². The van der Waals surface area contributed by atoms with E-state index >= 15 is 0 Å². The Balaban J connectivity index is 2.15. The summed E-state index contributed by atoms with van der Waals surface area (Å²) in [6, 6.07) is 5.67. The van der Waals surface area contributed by atoms with Gasteiger partial charge in [-0.1, -0.05) is 0 Å². The van der Waals surface area contributed by atoms with E-state index in [9.17, 15) is 0 Å². The highest BCUT2D eigenvalue weighted by atomic mass is 32.1. The van der Waals surface area contributed by atoms with Crippen molar-refractivity contribution in [2.45, 2.75) is 6.92 Å². The van der Waals surface area contributed by atoms with E-state index in [1.54, 1.807) is 12.4 Å². The van der Waals surface area contributed by atoms with E-state index in [0.29, 0.717) is 5.82 Å². The second-order valence-electron chi connectivity index (χ2n) is 3.70. The average Bonchev–Trinajstić information content (AvgIpc) is 2.37. The molecule has 2 N–H and O–H groups in total. The Kier molecular flexibility index (Phi) is 4.35. The molecule has 5 nitrogen and oxygen atoms in total. The second-order valence-corrected chi connectivity index (χ2v) is 4.15. The van der Waals surface area contributed by atoms with E-state index in [-0.39, 0.29) is 0 Å². The molecule has 94 valence electrons. The molecule has 0 aliphatic heterocycles. The summed E-state index contributed by atoms with van der Waals surface area (Å²) in [5, 5.41) is 6.37. The first-order valence-electron chi connectivity index (χ1n) is 5.65. The highest BCUT2D eigenvalue weighted by Gasteiger charge is 2.01. The van der Waals surface area contributed by atoms with Gasteiger partial charge in [-0.15, -0.1) is 0 Å². The molecular weight excluding hydrogens is 246 g/mol. The standard InChI is InChI=1S/C12H15N5S/c1-9-15-11(14-5-6-18)7-12(16-9)17-10-3-2-4-13-8-10/h2-4,7-8,18H,5-6H2,1H3,(H2,14,15,16,17). The number of aromatic nitrogens is 3. The van der Waals surface area contributed by atoms with Gasteiger partial charge in [0.05, 0.1) is 11.9 Å². The van der Waals surface area contributed by atoms with Crippen molar-refractivity contribution in [2.75, 3.05) is 22.9 Å². The lowest BCUT2D eigenvalue weighted by Gasteiger charge is -2.09. The molecule has 2 rings (SSSR count). The number of nitrogens with zero attached hydrogens (tertiary/aromatic N) is 3. The van der Waals surface area contributed by atoms with Crippen LogP contribution in [0.1, 0.15) is 5.82 Å². The summed E-state index contributed by atoms with van der Waals surface area (Å²) in [5.41, 5.74) is 0.899. The Morgan fingerprint density at radius 3 is 2.83 bits per heavy atom. The van der Waals surface area contributed by atoms with Crippen molar-refractivity contribution in [2.24, 2.45) is 0 Å². The van der Waals surface area contributed by atoms with Crippen molar-refractivity contribution < 1.29 is 0 Å². The Bertz CT molecular complexity index is 503. The van der Waals surface area contributed by atoms with Crippen molar-refractivity contribution >= 4 is 30.0 Å². The SMILES string of the molecule is Cc1nc(NCCS)cc(Nc2cccnc2)n1. The first kappa shape index (κ1) is 12.6. The second kappa shape index (κ2) is 6.20. The van der Waals surface area contributed by atoms with Gasteiger partial charge in [0.25, 0.3) is 0 Å². The van der Waals surface area contributed by atoms with Crippen LogP contribution in [0.4, 0.5) is 17.3 Å². The molecule has 0 atom stereocenters. The lowest BCUT2D eigenvalue weighted by molar-refractivity contribution is 1.04. The van der Waals surface area contributed by atoms with Crippen LogP contribution in [0.25, 0.3) is 0 Å². The van der Waals surface area contributed by atoms with Gasteiger partial charge in [-0.3, -0.25) is 4.98 Å². The molecule has 2 heterocycles. The predicted octanol–water partition coefficient (Wildman–Crippen LogP) is 2.27. The van der Waals surface area contributed by atoms with E-state index in [1.807, 2.05) is 25.1 Å². The average molecular weight is 261 g/mol. The molecule has 0 aliphatic rings. The Labute approximate surface area is 111 Å². The largest absolute Gasteiger partial charge is 0.369 e. The molecule has 2 aromatic heterocycles. The minimum Gasteiger partial charge on any atom is -0.369 e. The highest BCUT2D eigenvalue weighted by Crippen LogP contribution is 2.16. The lowest BCUT2D eigenvalue weighted by Crippen LogP contribution is -2.07. The number of hydrogen-bond acceptors (Lipinski definition) is 6. The van der Waals surface area contributed by atoms with Crippen LogP contribution in [-0.4, -0.2) is 27.2 Å². The molecule has 0 fully saturated rings. The van der Waals surface area contributed by atoms with E-state index in [0.717, 1.165) is 29.6 Å². The fourth-order valence-corrected chi connectivity index (χ4v) is 1.60. The van der Waals surface area contributed by atoms with Gasteiger partial charge in [0.1, 0.15) is 17.5 Å². The Morgan fingerprint density at radius 1 is 1.28 bits per heavy atom. The zero-order chi connectivity index (χ0) is 12.8. The van der Waals surface area contributed by atoms with E-state index < -0.39 is 0 Å². The molecule has 0 radical (unpaired) electrons. The van der Waals surface area contributed by atoms with Gasteiger partial charge in [0.15, 0.2) is 0 Å². The van der Waals surface area contributed by atoms with Gasteiger partial charge in [-0.05, 0) is 19.1 Å². The number of pyridine rings is 1. The Hall–Kier alpha value is -1.82. The summed E-state index contributed by atoms with van der Waals surface area (Å²) in [5.74, 6) is 3.01. The zero-order valence-corrected chi connectivity index (χ0v) is 11.0. The van der Waals surface area contributed by atoms with Crippen LogP contribution in [0.15, 0.2) is 30.6 Å². The minimum atomic E-state index is 0.713. The van der Waals surface area contributed by atoms with Gasteiger partial charge in [-0.2, -0.15) is 12.6 Å². The first-order valence-corrected chi connectivity index (χ1v) is 6.28. The monoisotopic (exact) mass is 261 g/mol.